The standard InChI is InChI=1S/C18H20N2/c1-19-16-10-9-12-6-4-8-17-18(12)14(16)11-13-5-2-3-7-15(13)20-17/h2-8,14,16,19-20H,9-11H2,1H3. The predicted octanol–water partition coefficient (Wildman–Crippen LogP) is 3.60. The van der Waals surface area contributed by atoms with Gasteiger partial charge < -0.3 is 10.6 Å². The summed E-state index contributed by atoms with van der Waals surface area (Å²) in [4.78, 5) is 0. The number of anilines is 2. The number of fused-ring (bicyclic) bond motifs is 1. The summed E-state index contributed by atoms with van der Waals surface area (Å²) in [5.74, 6) is 0.580. The lowest BCUT2D eigenvalue weighted by Gasteiger charge is -2.33. The van der Waals surface area contributed by atoms with Gasteiger partial charge in [0, 0.05) is 23.3 Å². The van der Waals surface area contributed by atoms with Crippen molar-refractivity contribution in [3.05, 3.63) is 59.2 Å². The van der Waals surface area contributed by atoms with Crippen LogP contribution in [0.4, 0.5) is 11.4 Å². The van der Waals surface area contributed by atoms with E-state index in [9.17, 15) is 0 Å². The lowest BCUT2D eigenvalue weighted by Crippen LogP contribution is -2.37. The number of para-hydroxylation sites is 1. The van der Waals surface area contributed by atoms with Crippen LogP contribution in [0.15, 0.2) is 42.5 Å². The van der Waals surface area contributed by atoms with Crippen LogP contribution in [-0.2, 0) is 12.8 Å². The minimum absolute atomic E-state index is 0.580. The maximum atomic E-state index is 3.66. The van der Waals surface area contributed by atoms with Gasteiger partial charge in [0.2, 0.25) is 0 Å². The van der Waals surface area contributed by atoms with Crippen molar-refractivity contribution < 1.29 is 0 Å². The molecular formula is C18H20N2. The molecule has 4 rings (SSSR count). The molecular weight excluding hydrogens is 244 g/mol. The van der Waals surface area contributed by atoms with E-state index < -0.39 is 0 Å². The van der Waals surface area contributed by atoms with E-state index in [4.69, 9.17) is 0 Å². The molecule has 0 bridgehead atoms. The zero-order chi connectivity index (χ0) is 13.5. The Bertz CT molecular complexity index is 648. The quantitative estimate of drug-likeness (QED) is 0.822. The van der Waals surface area contributed by atoms with Crippen molar-refractivity contribution in [2.45, 2.75) is 31.2 Å². The molecule has 0 amide bonds. The van der Waals surface area contributed by atoms with Gasteiger partial charge in [-0.15, -0.1) is 0 Å². The van der Waals surface area contributed by atoms with Gasteiger partial charge in [-0.3, -0.25) is 0 Å². The van der Waals surface area contributed by atoms with Gasteiger partial charge in [0.05, 0.1) is 0 Å². The SMILES string of the molecule is CNC1CCc2cccc3c2C1Cc1ccccc1N3. The maximum Gasteiger partial charge on any atom is 0.0423 e. The van der Waals surface area contributed by atoms with Crippen molar-refractivity contribution in [2.75, 3.05) is 12.4 Å². The van der Waals surface area contributed by atoms with Crippen LogP contribution in [0.5, 0.6) is 0 Å². The van der Waals surface area contributed by atoms with Gasteiger partial charge in [-0.05, 0) is 55.1 Å². The Morgan fingerprint density at radius 3 is 2.70 bits per heavy atom. The Kier molecular flexibility index (Phi) is 2.78. The predicted molar refractivity (Wildman–Crippen MR) is 83.8 cm³/mol. The third-order valence-electron chi connectivity index (χ3n) is 4.87. The third-order valence-corrected chi connectivity index (χ3v) is 4.87. The van der Waals surface area contributed by atoms with Crippen molar-refractivity contribution >= 4 is 11.4 Å². The van der Waals surface area contributed by atoms with E-state index in [0.717, 1.165) is 6.42 Å². The maximum absolute atomic E-state index is 3.66. The van der Waals surface area contributed by atoms with Gasteiger partial charge in [-0.1, -0.05) is 30.3 Å². The van der Waals surface area contributed by atoms with E-state index in [1.54, 1.807) is 0 Å². The molecule has 20 heavy (non-hydrogen) atoms. The monoisotopic (exact) mass is 264 g/mol. The number of nitrogens with one attached hydrogen (secondary N) is 2. The summed E-state index contributed by atoms with van der Waals surface area (Å²) in [7, 11) is 2.10. The number of benzene rings is 2. The zero-order valence-electron chi connectivity index (χ0n) is 11.8. The van der Waals surface area contributed by atoms with Crippen LogP contribution < -0.4 is 10.6 Å². The second kappa shape index (κ2) is 4.64. The Hall–Kier alpha value is -1.80. The lowest BCUT2D eigenvalue weighted by molar-refractivity contribution is 0.411. The molecule has 2 unspecified atom stereocenters. The fourth-order valence-electron chi connectivity index (χ4n) is 3.88. The van der Waals surface area contributed by atoms with Gasteiger partial charge in [0.25, 0.3) is 0 Å². The summed E-state index contributed by atoms with van der Waals surface area (Å²) in [6, 6.07) is 16.0. The van der Waals surface area contributed by atoms with Gasteiger partial charge in [0.1, 0.15) is 0 Å². The van der Waals surface area contributed by atoms with E-state index in [-0.39, 0.29) is 0 Å². The summed E-state index contributed by atoms with van der Waals surface area (Å²) in [6.07, 6.45) is 3.54. The molecule has 1 aliphatic carbocycles. The molecule has 1 heterocycles. The van der Waals surface area contributed by atoms with Crippen LogP contribution >= 0.6 is 0 Å². The molecule has 1 aliphatic heterocycles. The van der Waals surface area contributed by atoms with Crippen LogP contribution in [0.3, 0.4) is 0 Å². The van der Waals surface area contributed by atoms with Gasteiger partial charge in [0.15, 0.2) is 0 Å². The summed E-state index contributed by atoms with van der Waals surface area (Å²) < 4.78 is 0. The van der Waals surface area contributed by atoms with Crippen LogP contribution in [0.2, 0.25) is 0 Å². The second-order valence-corrected chi connectivity index (χ2v) is 5.90. The molecule has 2 N–H and O–H groups in total. The van der Waals surface area contributed by atoms with E-state index in [1.165, 1.54) is 40.9 Å². The first kappa shape index (κ1) is 12.0. The summed E-state index contributed by atoms with van der Waals surface area (Å²) >= 11 is 0. The first-order valence-electron chi connectivity index (χ1n) is 7.51. The van der Waals surface area contributed by atoms with Gasteiger partial charge in [-0.2, -0.15) is 0 Å². The van der Waals surface area contributed by atoms with E-state index in [0.29, 0.717) is 12.0 Å². The first-order chi connectivity index (χ1) is 9.86. The van der Waals surface area contributed by atoms with Crippen molar-refractivity contribution in [3.8, 4) is 0 Å². The van der Waals surface area contributed by atoms with Crippen LogP contribution in [0.1, 0.15) is 29.0 Å². The molecule has 2 aromatic rings. The number of aryl methyl sites for hydroxylation is 1. The fraction of sp³-hybridized carbons (Fsp3) is 0.333. The molecule has 2 heteroatoms. The van der Waals surface area contributed by atoms with Crippen LogP contribution in [0.25, 0.3) is 0 Å². The molecule has 102 valence electrons. The molecule has 0 radical (unpaired) electrons. The highest BCUT2D eigenvalue weighted by Gasteiger charge is 2.32. The van der Waals surface area contributed by atoms with E-state index in [1.807, 2.05) is 0 Å². The zero-order valence-corrected chi connectivity index (χ0v) is 11.8. The number of rotatable bonds is 1. The molecule has 2 nitrogen and oxygen atoms in total. The smallest absolute Gasteiger partial charge is 0.0423 e. The van der Waals surface area contributed by atoms with Crippen LogP contribution in [0, 0.1) is 0 Å². The molecule has 0 spiro atoms. The highest BCUT2D eigenvalue weighted by Crippen LogP contribution is 2.43. The first-order valence-corrected chi connectivity index (χ1v) is 7.51. The van der Waals surface area contributed by atoms with E-state index >= 15 is 0 Å². The second-order valence-electron chi connectivity index (χ2n) is 5.90. The summed E-state index contributed by atoms with van der Waals surface area (Å²) in [5.41, 5.74) is 7.07. The average molecular weight is 264 g/mol. The summed E-state index contributed by atoms with van der Waals surface area (Å²) in [6.45, 7) is 0. The summed E-state index contributed by atoms with van der Waals surface area (Å²) in [5, 5.41) is 7.20. The minimum Gasteiger partial charge on any atom is -0.355 e. The topological polar surface area (TPSA) is 24.1 Å². The van der Waals surface area contributed by atoms with Crippen molar-refractivity contribution in [1.82, 2.24) is 5.32 Å². The average Bonchev–Trinajstić information content (AvgIpc) is 2.66. The molecule has 2 atom stereocenters. The Morgan fingerprint density at radius 2 is 1.80 bits per heavy atom. The fourth-order valence-corrected chi connectivity index (χ4v) is 3.88. The Labute approximate surface area is 120 Å². The van der Waals surface area contributed by atoms with Crippen molar-refractivity contribution in [1.29, 1.82) is 0 Å². The number of hydrogen-bond acceptors (Lipinski definition) is 2. The third kappa shape index (κ3) is 1.75. The molecule has 0 fully saturated rings. The van der Waals surface area contributed by atoms with Crippen molar-refractivity contribution in [2.24, 2.45) is 0 Å². The van der Waals surface area contributed by atoms with Gasteiger partial charge in [-0.25, -0.2) is 0 Å². The molecule has 2 aliphatic rings. The molecule has 0 aromatic heterocycles. The largest absolute Gasteiger partial charge is 0.355 e. The molecule has 0 saturated carbocycles. The van der Waals surface area contributed by atoms with Crippen LogP contribution in [-0.4, -0.2) is 13.1 Å². The van der Waals surface area contributed by atoms with Gasteiger partial charge >= 0.3 is 0 Å². The Balaban J connectivity index is 1.91. The Morgan fingerprint density at radius 1 is 1.00 bits per heavy atom. The minimum atomic E-state index is 0.580. The number of likely N-dealkylation sites (N-methyl/N-ethyl adjacent to an activating group) is 1. The molecule has 2 aromatic carbocycles. The highest BCUT2D eigenvalue weighted by molar-refractivity contribution is 5.71. The van der Waals surface area contributed by atoms with Crippen molar-refractivity contribution in [3.63, 3.8) is 0 Å². The highest BCUT2D eigenvalue weighted by atomic mass is 14.9. The lowest BCUT2D eigenvalue weighted by atomic mass is 9.76. The molecule has 0 saturated heterocycles. The van der Waals surface area contributed by atoms with E-state index in [2.05, 4.69) is 60.1 Å². The normalized spacial score (nSPS) is 23.2. The number of hydrogen-bond donors (Lipinski definition) is 2.